The summed E-state index contributed by atoms with van der Waals surface area (Å²) < 4.78 is 2.02. The van der Waals surface area contributed by atoms with E-state index in [0.29, 0.717) is 16.6 Å². The van der Waals surface area contributed by atoms with Gasteiger partial charge in [0, 0.05) is 35.6 Å². The molecule has 0 saturated carbocycles. The van der Waals surface area contributed by atoms with Crippen molar-refractivity contribution in [3.05, 3.63) is 41.0 Å². The molecule has 2 aromatic heterocycles. The van der Waals surface area contributed by atoms with E-state index in [9.17, 15) is 4.79 Å². The van der Waals surface area contributed by atoms with Crippen molar-refractivity contribution in [3.8, 4) is 0 Å². The Morgan fingerprint density at radius 1 is 1.29 bits per heavy atom. The number of rotatable bonds is 3. The Hall–Kier alpha value is -2.21. The molecule has 2 heterocycles. The molecule has 6 heteroatoms. The summed E-state index contributed by atoms with van der Waals surface area (Å²) in [7, 11) is 1.98. The lowest BCUT2D eigenvalue weighted by Crippen LogP contribution is -2.11. The molecule has 5 nitrogen and oxygen atoms in total. The summed E-state index contributed by atoms with van der Waals surface area (Å²) in [6.07, 6.45) is 1.98. The summed E-state index contributed by atoms with van der Waals surface area (Å²) in [6.45, 7) is 4.10. The number of aromatic nitrogens is 3. The number of carbonyl (C=O) groups is 1. The number of aryl methyl sites for hydroxylation is 1. The average molecular weight is 300 g/mol. The minimum atomic E-state index is -0.160. The van der Waals surface area contributed by atoms with Gasteiger partial charge in [0.15, 0.2) is 0 Å². The molecule has 108 valence electrons. The zero-order valence-corrected chi connectivity index (χ0v) is 12.9. The second-order valence-corrected chi connectivity index (χ2v) is 6.26. The zero-order valence-electron chi connectivity index (χ0n) is 12.1. The van der Waals surface area contributed by atoms with Gasteiger partial charge in [0.25, 0.3) is 5.91 Å². The second kappa shape index (κ2) is 5.29. The first-order valence-electron chi connectivity index (χ1n) is 6.74. The summed E-state index contributed by atoms with van der Waals surface area (Å²) in [6, 6.07) is 7.65. The monoisotopic (exact) mass is 300 g/mol. The van der Waals surface area contributed by atoms with Crippen molar-refractivity contribution in [2.45, 2.75) is 19.8 Å². The Bertz CT molecular complexity index is 803. The summed E-state index contributed by atoms with van der Waals surface area (Å²) in [5.41, 5.74) is 1.72. The molecule has 21 heavy (non-hydrogen) atoms. The number of nitrogens with one attached hydrogen (secondary N) is 1. The van der Waals surface area contributed by atoms with Crippen LogP contribution in [0.2, 0.25) is 0 Å². The van der Waals surface area contributed by atoms with Crippen LogP contribution in [0, 0.1) is 0 Å². The van der Waals surface area contributed by atoms with Crippen LogP contribution in [0.25, 0.3) is 10.9 Å². The summed E-state index contributed by atoms with van der Waals surface area (Å²) in [5.74, 6) is 0.154. The Labute approximate surface area is 126 Å². The van der Waals surface area contributed by atoms with Gasteiger partial charge in [0.1, 0.15) is 5.01 Å². The van der Waals surface area contributed by atoms with Gasteiger partial charge in [-0.05, 0) is 24.3 Å². The SMILES string of the molecule is CC(C)c1nnc(NC(=O)c2ccc3c(ccn3C)c2)s1. The molecule has 0 aliphatic rings. The molecule has 0 saturated heterocycles. The van der Waals surface area contributed by atoms with E-state index in [1.807, 2.05) is 42.1 Å². The molecule has 3 rings (SSSR count). The van der Waals surface area contributed by atoms with Gasteiger partial charge in [-0.3, -0.25) is 10.1 Å². The third-order valence-electron chi connectivity index (χ3n) is 3.30. The largest absolute Gasteiger partial charge is 0.351 e. The fourth-order valence-corrected chi connectivity index (χ4v) is 2.85. The predicted octanol–water partition coefficient (Wildman–Crippen LogP) is 3.41. The number of nitrogens with zero attached hydrogens (tertiary/aromatic N) is 3. The van der Waals surface area contributed by atoms with Crippen LogP contribution >= 0.6 is 11.3 Å². The number of carbonyl (C=O) groups excluding carboxylic acids is 1. The fourth-order valence-electron chi connectivity index (χ4n) is 2.11. The average Bonchev–Trinajstić information content (AvgIpc) is 3.06. The maximum absolute atomic E-state index is 12.3. The highest BCUT2D eigenvalue weighted by Crippen LogP contribution is 2.23. The lowest BCUT2D eigenvalue weighted by molar-refractivity contribution is 0.102. The number of benzene rings is 1. The number of fused-ring (bicyclic) bond motifs is 1. The molecule has 0 fully saturated rings. The quantitative estimate of drug-likeness (QED) is 0.806. The molecular weight excluding hydrogens is 284 g/mol. The molecule has 0 bridgehead atoms. The Balaban J connectivity index is 1.82. The molecule has 0 aliphatic heterocycles. The van der Waals surface area contributed by atoms with E-state index in [4.69, 9.17) is 0 Å². The normalized spacial score (nSPS) is 11.2. The van der Waals surface area contributed by atoms with Gasteiger partial charge in [0.2, 0.25) is 5.13 Å². The summed E-state index contributed by atoms with van der Waals surface area (Å²) in [4.78, 5) is 12.3. The topological polar surface area (TPSA) is 59.8 Å². The van der Waals surface area contributed by atoms with Gasteiger partial charge in [-0.25, -0.2) is 0 Å². The van der Waals surface area contributed by atoms with Crippen LogP contribution in [0.15, 0.2) is 30.5 Å². The first kappa shape index (κ1) is 13.8. The standard InChI is InChI=1S/C15H16N4OS/c1-9(2)14-17-18-15(21-14)16-13(20)11-4-5-12-10(8-11)6-7-19(12)3/h4-9H,1-3H3,(H,16,18,20). The van der Waals surface area contributed by atoms with Crippen LogP contribution in [0.3, 0.4) is 0 Å². The molecule has 0 unspecified atom stereocenters. The lowest BCUT2D eigenvalue weighted by atomic mass is 10.1. The minimum Gasteiger partial charge on any atom is -0.351 e. The molecule has 3 aromatic rings. The van der Waals surface area contributed by atoms with Crippen molar-refractivity contribution in [2.24, 2.45) is 7.05 Å². The van der Waals surface area contributed by atoms with Crippen molar-refractivity contribution in [1.29, 1.82) is 0 Å². The van der Waals surface area contributed by atoms with E-state index in [1.54, 1.807) is 0 Å². The van der Waals surface area contributed by atoms with Crippen molar-refractivity contribution in [1.82, 2.24) is 14.8 Å². The first-order valence-corrected chi connectivity index (χ1v) is 7.56. The van der Waals surface area contributed by atoms with Crippen molar-refractivity contribution in [3.63, 3.8) is 0 Å². The molecule has 1 aromatic carbocycles. The van der Waals surface area contributed by atoms with Gasteiger partial charge >= 0.3 is 0 Å². The van der Waals surface area contributed by atoms with Gasteiger partial charge in [-0.2, -0.15) is 0 Å². The van der Waals surface area contributed by atoms with E-state index in [-0.39, 0.29) is 5.91 Å². The van der Waals surface area contributed by atoms with E-state index in [1.165, 1.54) is 11.3 Å². The third-order valence-corrected chi connectivity index (χ3v) is 4.44. The van der Waals surface area contributed by atoms with Gasteiger partial charge in [-0.15, -0.1) is 10.2 Å². The Morgan fingerprint density at radius 3 is 2.81 bits per heavy atom. The maximum Gasteiger partial charge on any atom is 0.257 e. The number of amides is 1. The molecule has 1 N–H and O–H groups in total. The molecule has 0 radical (unpaired) electrons. The van der Waals surface area contributed by atoms with Gasteiger partial charge in [-0.1, -0.05) is 25.2 Å². The van der Waals surface area contributed by atoms with Crippen molar-refractivity contribution < 1.29 is 4.79 Å². The van der Waals surface area contributed by atoms with E-state index < -0.39 is 0 Å². The zero-order chi connectivity index (χ0) is 15.0. The fraction of sp³-hybridized carbons (Fsp3) is 0.267. The van der Waals surface area contributed by atoms with E-state index >= 15 is 0 Å². The highest BCUT2D eigenvalue weighted by Gasteiger charge is 2.12. The smallest absolute Gasteiger partial charge is 0.257 e. The van der Waals surface area contributed by atoms with Crippen LogP contribution < -0.4 is 5.32 Å². The van der Waals surface area contributed by atoms with Crippen LogP contribution in [-0.2, 0) is 7.05 Å². The highest BCUT2D eigenvalue weighted by atomic mass is 32.1. The summed E-state index contributed by atoms with van der Waals surface area (Å²) >= 11 is 1.41. The molecular formula is C15H16N4OS. The summed E-state index contributed by atoms with van der Waals surface area (Å²) in [5, 5.41) is 13.4. The van der Waals surface area contributed by atoms with E-state index in [0.717, 1.165) is 15.9 Å². The number of hydrogen-bond acceptors (Lipinski definition) is 4. The Morgan fingerprint density at radius 2 is 2.10 bits per heavy atom. The second-order valence-electron chi connectivity index (χ2n) is 5.25. The van der Waals surface area contributed by atoms with E-state index in [2.05, 4.69) is 29.4 Å². The van der Waals surface area contributed by atoms with Crippen molar-refractivity contribution >= 4 is 33.3 Å². The van der Waals surface area contributed by atoms with Crippen molar-refractivity contribution in [2.75, 3.05) is 5.32 Å². The Kier molecular flexibility index (Phi) is 3.47. The first-order chi connectivity index (χ1) is 10.0. The molecule has 0 atom stereocenters. The molecule has 0 spiro atoms. The maximum atomic E-state index is 12.3. The van der Waals surface area contributed by atoms with Crippen LogP contribution in [0.1, 0.15) is 35.1 Å². The molecule has 1 amide bonds. The minimum absolute atomic E-state index is 0.160. The number of anilines is 1. The van der Waals surface area contributed by atoms with Gasteiger partial charge < -0.3 is 4.57 Å². The highest BCUT2D eigenvalue weighted by molar-refractivity contribution is 7.15. The third kappa shape index (κ3) is 2.67. The van der Waals surface area contributed by atoms with Crippen LogP contribution in [0.5, 0.6) is 0 Å². The van der Waals surface area contributed by atoms with Gasteiger partial charge in [0.05, 0.1) is 0 Å². The van der Waals surface area contributed by atoms with Crippen LogP contribution in [-0.4, -0.2) is 20.7 Å². The van der Waals surface area contributed by atoms with Crippen LogP contribution in [0.4, 0.5) is 5.13 Å². The predicted molar refractivity (Wildman–Crippen MR) is 84.9 cm³/mol. The molecule has 0 aliphatic carbocycles. The lowest BCUT2D eigenvalue weighted by Gasteiger charge is -2.02. The number of hydrogen-bond donors (Lipinski definition) is 1.